The van der Waals surface area contributed by atoms with Gasteiger partial charge < -0.3 is 10.1 Å². The molecule has 8 heteroatoms. The fourth-order valence-electron chi connectivity index (χ4n) is 4.16. The van der Waals surface area contributed by atoms with Gasteiger partial charge in [0.05, 0.1) is 28.8 Å². The molecule has 1 N–H and O–H groups in total. The molecule has 34 heavy (non-hydrogen) atoms. The van der Waals surface area contributed by atoms with Gasteiger partial charge in [-0.1, -0.05) is 12.1 Å². The van der Waals surface area contributed by atoms with E-state index in [1.54, 1.807) is 57.3 Å². The number of benzene rings is 2. The van der Waals surface area contributed by atoms with Crippen molar-refractivity contribution in [2.75, 3.05) is 12.4 Å². The molecule has 174 valence electrons. The van der Waals surface area contributed by atoms with Crippen molar-refractivity contribution in [1.82, 2.24) is 4.98 Å². The van der Waals surface area contributed by atoms with Crippen LogP contribution < -0.4 is 10.1 Å². The minimum atomic E-state index is -3.67. The number of fused-ring (bicyclic) bond motifs is 4. The first-order valence-electron chi connectivity index (χ1n) is 10.9. The molecule has 5 rings (SSSR count). The molecule has 0 atom stereocenters. The van der Waals surface area contributed by atoms with Crippen LogP contribution in [0.4, 0.5) is 15.8 Å². The van der Waals surface area contributed by atoms with E-state index in [1.165, 1.54) is 13.2 Å². The van der Waals surface area contributed by atoms with Gasteiger partial charge in [-0.25, -0.2) is 12.8 Å². The number of hydrogen-bond donors (Lipinski definition) is 1. The molecule has 1 aliphatic carbocycles. The first-order chi connectivity index (χ1) is 16.1. The van der Waals surface area contributed by atoms with Gasteiger partial charge in [0.2, 0.25) is 0 Å². The number of anilines is 1. The molecule has 3 aromatic rings. The lowest BCUT2D eigenvalue weighted by Crippen LogP contribution is -2.28. The molecular formula is C26H24FN3O3S. The Morgan fingerprint density at radius 1 is 1.15 bits per heavy atom. The van der Waals surface area contributed by atoms with Gasteiger partial charge in [-0.2, -0.15) is 0 Å². The molecule has 2 aliphatic rings. The van der Waals surface area contributed by atoms with Crippen LogP contribution in [0.2, 0.25) is 0 Å². The molecule has 0 unspecified atom stereocenters. The molecule has 0 spiro atoms. The van der Waals surface area contributed by atoms with E-state index in [2.05, 4.69) is 15.3 Å². The summed E-state index contributed by atoms with van der Waals surface area (Å²) in [6.07, 6.45) is 6.06. The monoisotopic (exact) mass is 477 g/mol. The number of halogens is 1. The Hall–Kier alpha value is -3.52. The van der Waals surface area contributed by atoms with Crippen LogP contribution >= 0.6 is 0 Å². The molecule has 0 saturated carbocycles. The van der Waals surface area contributed by atoms with Gasteiger partial charge in [-0.15, -0.1) is 0 Å². The number of nitrogens with one attached hydrogen (secondary N) is 1. The third-order valence-corrected chi connectivity index (χ3v) is 8.55. The lowest BCUT2D eigenvalue weighted by Gasteiger charge is -2.22. The highest BCUT2D eigenvalue weighted by atomic mass is 32.2. The van der Waals surface area contributed by atoms with E-state index in [4.69, 9.17) is 4.74 Å². The van der Waals surface area contributed by atoms with Gasteiger partial charge in [-0.3, -0.25) is 9.98 Å². The molecule has 0 amide bonds. The van der Waals surface area contributed by atoms with E-state index in [-0.39, 0.29) is 16.5 Å². The zero-order valence-corrected chi connectivity index (χ0v) is 20.1. The van der Waals surface area contributed by atoms with E-state index >= 15 is 0 Å². The van der Waals surface area contributed by atoms with Crippen molar-refractivity contribution in [3.63, 3.8) is 0 Å². The van der Waals surface area contributed by atoms with Crippen LogP contribution in [0.3, 0.4) is 0 Å². The number of methoxy groups -OCH3 is 1. The van der Waals surface area contributed by atoms with Crippen molar-refractivity contribution in [3.05, 3.63) is 71.8 Å². The Morgan fingerprint density at radius 3 is 2.68 bits per heavy atom. The first kappa shape index (κ1) is 22.3. The molecule has 1 aliphatic heterocycles. The number of nitrogens with zero attached hydrogens (tertiary/aromatic N) is 2. The molecule has 0 saturated heterocycles. The number of sulfone groups is 1. The first-order valence-corrected chi connectivity index (χ1v) is 12.4. The Kier molecular flexibility index (Phi) is 5.09. The quantitative estimate of drug-likeness (QED) is 0.512. The van der Waals surface area contributed by atoms with Crippen molar-refractivity contribution in [1.29, 1.82) is 0 Å². The second kappa shape index (κ2) is 7.77. The van der Waals surface area contributed by atoms with E-state index in [1.807, 2.05) is 12.2 Å². The summed E-state index contributed by atoms with van der Waals surface area (Å²) in [7, 11) is -2.23. The standard InChI is InChI=1S/C26H24FN3O3S/c1-26(2,3)34(31,32)24-13-16-20(10-11-28-22(16)14-23(24)33-4)29-15-8-9-19-17(12-15)25-18(27)6-5-7-21(25)30-19/h5-8,10-14H,9H2,1-4H3,(H,28,29). The number of hydrogen-bond acceptors (Lipinski definition) is 6. The summed E-state index contributed by atoms with van der Waals surface area (Å²) in [6.45, 7) is 4.97. The number of aromatic nitrogens is 1. The smallest absolute Gasteiger partial charge is 0.186 e. The van der Waals surface area contributed by atoms with E-state index in [0.717, 1.165) is 17.0 Å². The minimum absolute atomic E-state index is 0.114. The van der Waals surface area contributed by atoms with Crippen LogP contribution in [-0.4, -0.2) is 31.0 Å². The van der Waals surface area contributed by atoms with Crippen LogP contribution in [-0.2, 0) is 9.84 Å². The van der Waals surface area contributed by atoms with Crippen LogP contribution in [0.5, 0.6) is 5.75 Å². The molecular weight excluding hydrogens is 453 g/mol. The van der Waals surface area contributed by atoms with Gasteiger partial charge in [-0.05, 0) is 51.1 Å². The Morgan fingerprint density at radius 2 is 1.94 bits per heavy atom. The number of aliphatic imine (C=N–C) groups is 1. The summed E-state index contributed by atoms with van der Waals surface area (Å²) in [4.78, 5) is 9.07. The van der Waals surface area contributed by atoms with Gasteiger partial charge in [0.1, 0.15) is 16.5 Å². The fraction of sp³-hybridized carbons (Fsp3) is 0.231. The largest absolute Gasteiger partial charge is 0.495 e. The zero-order valence-electron chi connectivity index (χ0n) is 19.3. The number of pyridine rings is 1. The topological polar surface area (TPSA) is 80.7 Å². The lowest BCUT2D eigenvalue weighted by atomic mass is 9.95. The van der Waals surface area contributed by atoms with Crippen molar-refractivity contribution >= 4 is 43.4 Å². The summed E-state index contributed by atoms with van der Waals surface area (Å²) >= 11 is 0. The molecule has 0 bridgehead atoms. The second-order valence-corrected chi connectivity index (χ2v) is 11.9. The third kappa shape index (κ3) is 3.49. The zero-order chi connectivity index (χ0) is 24.3. The van der Waals surface area contributed by atoms with E-state index in [9.17, 15) is 12.8 Å². The number of rotatable bonds is 4. The van der Waals surface area contributed by atoms with Crippen LogP contribution in [0.25, 0.3) is 16.5 Å². The Bertz CT molecular complexity index is 1550. The van der Waals surface area contributed by atoms with Gasteiger partial charge >= 0.3 is 0 Å². The summed E-state index contributed by atoms with van der Waals surface area (Å²) in [5.74, 6) is -0.0489. The predicted octanol–water partition coefficient (Wildman–Crippen LogP) is 5.82. The molecule has 2 heterocycles. The summed E-state index contributed by atoms with van der Waals surface area (Å²) < 4.78 is 45.4. The van der Waals surface area contributed by atoms with Gasteiger partial charge in [0.15, 0.2) is 9.84 Å². The van der Waals surface area contributed by atoms with Crippen molar-refractivity contribution in [2.45, 2.75) is 36.8 Å². The van der Waals surface area contributed by atoms with Gasteiger partial charge in [0.25, 0.3) is 0 Å². The van der Waals surface area contributed by atoms with Crippen LogP contribution in [0.1, 0.15) is 32.8 Å². The second-order valence-electron chi connectivity index (χ2n) is 9.23. The van der Waals surface area contributed by atoms with Gasteiger partial charge in [0, 0.05) is 46.6 Å². The minimum Gasteiger partial charge on any atom is -0.495 e. The molecule has 1 aromatic heterocycles. The van der Waals surface area contributed by atoms with E-state index < -0.39 is 14.6 Å². The van der Waals surface area contributed by atoms with E-state index in [0.29, 0.717) is 34.3 Å². The predicted molar refractivity (Wildman–Crippen MR) is 133 cm³/mol. The molecule has 6 nitrogen and oxygen atoms in total. The normalized spacial score (nSPS) is 15.3. The van der Waals surface area contributed by atoms with Crippen molar-refractivity contribution in [2.24, 2.45) is 4.99 Å². The van der Waals surface area contributed by atoms with Crippen molar-refractivity contribution in [3.8, 4) is 5.75 Å². The maximum absolute atomic E-state index is 14.5. The SMILES string of the molecule is COc1cc2nccc(NC3=CCC4=Nc5cccc(F)c5C4=C3)c2cc1S(=O)(=O)C(C)(C)C. The number of ether oxygens (including phenoxy) is 1. The maximum atomic E-state index is 14.5. The lowest BCUT2D eigenvalue weighted by molar-refractivity contribution is 0.402. The average molecular weight is 478 g/mol. The highest BCUT2D eigenvalue weighted by Crippen LogP contribution is 2.41. The summed E-state index contributed by atoms with van der Waals surface area (Å²) in [6, 6.07) is 9.93. The Balaban J connectivity index is 1.59. The molecule has 2 aromatic carbocycles. The third-order valence-electron chi connectivity index (χ3n) is 6.04. The fourth-order valence-corrected chi connectivity index (χ4v) is 5.50. The summed E-state index contributed by atoms with van der Waals surface area (Å²) in [5.41, 5.74) is 4.78. The average Bonchev–Trinajstić information content (AvgIpc) is 3.16. The van der Waals surface area contributed by atoms with Crippen LogP contribution in [0.15, 0.2) is 70.3 Å². The Labute approximate surface area is 197 Å². The van der Waals surface area contributed by atoms with Crippen LogP contribution in [0, 0.1) is 5.82 Å². The molecule has 0 fully saturated rings. The molecule has 0 radical (unpaired) electrons. The number of allylic oxidation sites excluding steroid dienone is 3. The maximum Gasteiger partial charge on any atom is 0.186 e. The van der Waals surface area contributed by atoms with Crippen molar-refractivity contribution < 1.29 is 17.5 Å². The highest BCUT2D eigenvalue weighted by Gasteiger charge is 2.34. The summed E-state index contributed by atoms with van der Waals surface area (Å²) in [5, 5.41) is 4.01. The highest BCUT2D eigenvalue weighted by molar-refractivity contribution is 7.92.